The van der Waals surface area contributed by atoms with Crippen LogP contribution in [0.25, 0.3) is 10.8 Å². The number of pyridine rings is 1. The molecule has 0 aliphatic rings. The van der Waals surface area contributed by atoms with E-state index in [1.54, 1.807) is 19.1 Å². The van der Waals surface area contributed by atoms with Gasteiger partial charge in [-0.25, -0.2) is 4.57 Å². The minimum Gasteiger partial charge on any atom is -0.336 e. The number of nitrogens with one attached hydrogen (secondary N) is 3. The SMILES string of the molecule is CCC[n+]1cc(Br)cc(C(=O)Nc2ccc(CCC(=O)NC(C)NC(=O)c3cccc4ccccc34)cc2)c1. The van der Waals surface area contributed by atoms with Gasteiger partial charge in [0, 0.05) is 24.1 Å². The van der Waals surface area contributed by atoms with E-state index in [1.165, 1.54) is 0 Å². The highest BCUT2D eigenvalue weighted by molar-refractivity contribution is 9.10. The van der Waals surface area contributed by atoms with Crippen LogP contribution in [-0.4, -0.2) is 23.9 Å². The van der Waals surface area contributed by atoms with Gasteiger partial charge in [-0.3, -0.25) is 14.4 Å². The Hall–Kier alpha value is -4.04. The van der Waals surface area contributed by atoms with Crippen molar-refractivity contribution in [3.8, 4) is 0 Å². The molecular formula is C31H32BrN4O3+. The molecule has 8 heteroatoms. The van der Waals surface area contributed by atoms with Crippen molar-refractivity contribution in [2.45, 2.75) is 45.8 Å². The van der Waals surface area contributed by atoms with Crippen LogP contribution >= 0.6 is 15.9 Å². The highest BCUT2D eigenvalue weighted by Crippen LogP contribution is 2.18. The second-order valence-corrected chi connectivity index (χ2v) is 10.3. The van der Waals surface area contributed by atoms with Crippen LogP contribution in [0.5, 0.6) is 0 Å². The Morgan fingerprint density at radius 1 is 0.897 bits per heavy atom. The van der Waals surface area contributed by atoms with Crippen molar-refractivity contribution in [3.05, 3.63) is 106 Å². The molecule has 39 heavy (non-hydrogen) atoms. The molecule has 7 nitrogen and oxygen atoms in total. The molecule has 0 radical (unpaired) electrons. The summed E-state index contributed by atoms with van der Waals surface area (Å²) in [6, 6.07) is 22.5. The molecule has 0 saturated carbocycles. The quantitative estimate of drug-likeness (QED) is 0.172. The first-order valence-corrected chi connectivity index (χ1v) is 13.8. The van der Waals surface area contributed by atoms with Crippen LogP contribution < -0.4 is 20.5 Å². The Bertz CT molecular complexity index is 1480. The lowest BCUT2D eigenvalue weighted by atomic mass is 10.0. The molecule has 0 bridgehead atoms. The largest absolute Gasteiger partial charge is 0.336 e. The molecule has 1 unspecified atom stereocenters. The molecule has 0 aliphatic heterocycles. The Labute approximate surface area is 236 Å². The van der Waals surface area contributed by atoms with E-state index in [0.717, 1.165) is 33.8 Å². The maximum Gasteiger partial charge on any atom is 0.261 e. The number of anilines is 1. The molecule has 3 N–H and O–H groups in total. The molecule has 0 saturated heterocycles. The summed E-state index contributed by atoms with van der Waals surface area (Å²) >= 11 is 3.47. The molecule has 0 fully saturated rings. The zero-order chi connectivity index (χ0) is 27.8. The van der Waals surface area contributed by atoms with Gasteiger partial charge in [-0.15, -0.1) is 0 Å². The van der Waals surface area contributed by atoms with Gasteiger partial charge in [0.15, 0.2) is 12.4 Å². The fourth-order valence-electron chi connectivity index (χ4n) is 4.37. The number of fused-ring (bicyclic) bond motifs is 1. The van der Waals surface area contributed by atoms with Crippen molar-refractivity contribution in [1.29, 1.82) is 0 Å². The average Bonchev–Trinajstić information content (AvgIpc) is 2.92. The highest BCUT2D eigenvalue weighted by Gasteiger charge is 2.15. The summed E-state index contributed by atoms with van der Waals surface area (Å²) < 4.78 is 2.84. The number of carbonyl (C=O) groups excluding carboxylic acids is 3. The van der Waals surface area contributed by atoms with Crippen LogP contribution in [0.3, 0.4) is 0 Å². The number of carbonyl (C=O) groups is 3. The van der Waals surface area contributed by atoms with Gasteiger partial charge >= 0.3 is 0 Å². The van der Waals surface area contributed by atoms with Crippen molar-refractivity contribution < 1.29 is 19.0 Å². The zero-order valence-corrected chi connectivity index (χ0v) is 23.6. The van der Waals surface area contributed by atoms with E-state index >= 15 is 0 Å². The number of amides is 3. The second-order valence-electron chi connectivity index (χ2n) is 9.42. The van der Waals surface area contributed by atoms with E-state index in [9.17, 15) is 14.4 Å². The summed E-state index contributed by atoms with van der Waals surface area (Å²) in [5.74, 6) is -0.582. The van der Waals surface area contributed by atoms with Gasteiger partial charge in [0.2, 0.25) is 5.91 Å². The van der Waals surface area contributed by atoms with Crippen molar-refractivity contribution in [2.75, 3.05) is 5.32 Å². The molecule has 0 aliphatic carbocycles. The predicted octanol–water partition coefficient (Wildman–Crippen LogP) is 5.38. The Morgan fingerprint density at radius 3 is 2.41 bits per heavy atom. The lowest BCUT2D eigenvalue weighted by molar-refractivity contribution is -0.697. The number of benzene rings is 3. The van der Waals surface area contributed by atoms with Crippen LogP contribution in [-0.2, 0) is 17.8 Å². The topological polar surface area (TPSA) is 91.2 Å². The summed E-state index contributed by atoms with van der Waals surface area (Å²) in [5.41, 5.74) is 2.79. The average molecular weight is 589 g/mol. The minimum atomic E-state index is -0.518. The standard InChI is InChI=1S/C31H31BrN4O3/c1-3-17-36-19-24(18-25(32)20-36)30(38)35-26-14-11-22(12-15-26)13-16-29(37)33-21(2)34-31(39)28-10-6-8-23-7-4-5-9-27(23)28/h4-12,14-15,18-21H,3,13,16-17H2,1-2H3,(H2-,33,34,35,37,38,39)/p+1. The van der Waals surface area contributed by atoms with Gasteiger partial charge in [0.1, 0.15) is 12.1 Å². The van der Waals surface area contributed by atoms with Crippen molar-refractivity contribution in [3.63, 3.8) is 0 Å². The Balaban J connectivity index is 1.26. The summed E-state index contributed by atoms with van der Waals surface area (Å²) in [4.78, 5) is 38.0. The normalized spacial score (nSPS) is 11.6. The summed E-state index contributed by atoms with van der Waals surface area (Å²) in [5, 5.41) is 10.5. The Morgan fingerprint density at radius 2 is 1.64 bits per heavy atom. The van der Waals surface area contributed by atoms with E-state index in [1.807, 2.05) is 77.6 Å². The third-order valence-corrected chi connectivity index (χ3v) is 6.68. The number of nitrogens with zero attached hydrogens (tertiary/aromatic N) is 1. The molecule has 3 aromatic carbocycles. The number of hydrogen-bond donors (Lipinski definition) is 3. The van der Waals surface area contributed by atoms with Gasteiger partial charge in [-0.05, 0) is 69.9 Å². The smallest absolute Gasteiger partial charge is 0.261 e. The van der Waals surface area contributed by atoms with Gasteiger partial charge in [-0.2, -0.15) is 0 Å². The van der Waals surface area contributed by atoms with Gasteiger partial charge in [-0.1, -0.05) is 55.5 Å². The summed E-state index contributed by atoms with van der Waals surface area (Å²) in [7, 11) is 0. The van der Waals surface area contributed by atoms with Gasteiger partial charge in [0.05, 0.1) is 10.6 Å². The molecule has 1 aromatic heterocycles. The number of hydrogen-bond acceptors (Lipinski definition) is 3. The molecule has 4 rings (SSSR count). The number of aromatic nitrogens is 1. The molecular weight excluding hydrogens is 556 g/mol. The van der Waals surface area contributed by atoms with E-state index in [4.69, 9.17) is 0 Å². The maximum atomic E-state index is 12.8. The third-order valence-electron chi connectivity index (χ3n) is 6.24. The maximum absolute atomic E-state index is 12.8. The number of halogens is 1. The minimum absolute atomic E-state index is 0.159. The lowest BCUT2D eigenvalue weighted by Crippen LogP contribution is -2.46. The van der Waals surface area contributed by atoms with Crippen molar-refractivity contribution in [2.24, 2.45) is 0 Å². The fourth-order valence-corrected chi connectivity index (χ4v) is 4.88. The molecule has 200 valence electrons. The van der Waals surface area contributed by atoms with Crippen LogP contribution in [0, 0.1) is 0 Å². The van der Waals surface area contributed by atoms with Gasteiger partial charge < -0.3 is 16.0 Å². The number of aryl methyl sites for hydroxylation is 2. The van der Waals surface area contributed by atoms with E-state index < -0.39 is 6.17 Å². The van der Waals surface area contributed by atoms with Crippen LogP contribution in [0.15, 0.2) is 89.7 Å². The van der Waals surface area contributed by atoms with E-state index in [-0.39, 0.29) is 24.1 Å². The molecule has 1 heterocycles. The zero-order valence-electron chi connectivity index (χ0n) is 22.0. The van der Waals surface area contributed by atoms with Gasteiger partial charge in [0.25, 0.3) is 11.8 Å². The molecule has 4 aromatic rings. The predicted molar refractivity (Wildman–Crippen MR) is 156 cm³/mol. The third kappa shape index (κ3) is 7.74. The first kappa shape index (κ1) is 28.0. The lowest BCUT2D eigenvalue weighted by Gasteiger charge is -2.16. The molecule has 3 amide bonds. The van der Waals surface area contributed by atoms with Crippen LogP contribution in [0.1, 0.15) is 53.0 Å². The van der Waals surface area contributed by atoms with E-state index in [2.05, 4.69) is 38.8 Å². The summed E-state index contributed by atoms with van der Waals surface area (Å²) in [6.07, 6.45) is 5.05. The van der Waals surface area contributed by atoms with Crippen molar-refractivity contribution in [1.82, 2.24) is 10.6 Å². The number of rotatable bonds is 10. The first-order valence-electron chi connectivity index (χ1n) is 13.0. The van der Waals surface area contributed by atoms with Crippen LogP contribution in [0.4, 0.5) is 5.69 Å². The molecule has 1 atom stereocenters. The summed E-state index contributed by atoms with van der Waals surface area (Å²) in [6.45, 7) is 4.66. The monoisotopic (exact) mass is 587 g/mol. The first-order chi connectivity index (χ1) is 18.8. The van der Waals surface area contributed by atoms with Crippen LogP contribution in [0.2, 0.25) is 0 Å². The second kappa shape index (κ2) is 13.2. The van der Waals surface area contributed by atoms with Crippen molar-refractivity contribution >= 4 is 50.1 Å². The van der Waals surface area contributed by atoms with E-state index in [0.29, 0.717) is 23.2 Å². The molecule has 0 spiro atoms. The highest BCUT2D eigenvalue weighted by atomic mass is 79.9. The fraction of sp³-hybridized carbons (Fsp3) is 0.226. The Kier molecular flexibility index (Phi) is 9.44.